The van der Waals surface area contributed by atoms with Crippen molar-refractivity contribution in [3.05, 3.63) is 0 Å². The van der Waals surface area contributed by atoms with Crippen molar-refractivity contribution in [2.45, 2.75) is 13.3 Å². The van der Waals surface area contributed by atoms with E-state index in [0.717, 1.165) is 5.92 Å². The van der Waals surface area contributed by atoms with E-state index in [4.69, 9.17) is 0 Å². The molecule has 0 aromatic carbocycles. The second kappa shape index (κ2) is 2.85. The maximum Gasteiger partial charge on any atom is 0.0846 e. The van der Waals surface area contributed by atoms with E-state index in [2.05, 4.69) is 16.8 Å². The molecule has 0 saturated carbocycles. The van der Waals surface area contributed by atoms with Crippen molar-refractivity contribution in [1.29, 1.82) is 0 Å². The van der Waals surface area contributed by atoms with Gasteiger partial charge in [-0.05, 0) is 12.3 Å². The molecule has 0 aromatic heterocycles. The van der Waals surface area contributed by atoms with Gasteiger partial charge in [0.15, 0.2) is 0 Å². The van der Waals surface area contributed by atoms with Crippen LogP contribution in [-0.4, -0.2) is 31.4 Å². The summed E-state index contributed by atoms with van der Waals surface area (Å²) in [5.74, 6) is 0.864. The van der Waals surface area contributed by atoms with Gasteiger partial charge in [-0.3, -0.25) is 4.99 Å². The first kappa shape index (κ1) is 6.59. The molecule has 1 rings (SSSR count). The molecule has 2 nitrogen and oxygen atoms in total. The van der Waals surface area contributed by atoms with Crippen LogP contribution in [0.25, 0.3) is 0 Å². The van der Waals surface area contributed by atoms with Gasteiger partial charge in [0.1, 0.15) is 0 Å². The molecule has 1 aliphatic rings. The Morgan fingerprint density at radius 2 is 2.44 bits per heavy atom. The Balaban J connectivity index is 2.30. The largest absolute Gasteiger partial charge is 0.363 e. The predicted octanol–water partition coefficient (Wildman–Crippen LogP) is 0.986. The second-order valence-electron chi connectivity index (χ2n) is 2.76. The Bertz CT molecular complexity index is 109. The summed E-state index contributed by atoms with van der Waals surface area (Å²) in [5.41, 5.74) is 0. The topological polar surface area (TPSA) is 15.6 Å². The zero-order valence-electron chi connectivity index (χ0n) is 6.17. The first-order chi connectivity index (χ1) is 4.33. The minimum absolute atomic E-state index is 0.864. The minimum Gasteiger partial charge on any atom is -0.363 e. The number of hydrogen-bond donors (Lipinski definition) is 0. The Kier molecular flexibility index (Phi) is 2.09. The van der Waals surface area contributed by atoms with E-state index in [0.29, 0.717) is 0 Å². The third-order valence-corrected chi connectivity index (χ3v) is 1.73. The lowest BCUT2D eigenvalue weighted by Crippen LogP contribution is -2.17. The van der Waals surface area contributed by atoms with Gasteiger partial charge in [0, 0.05) is 20.1 Å². The highest BCUT2D eigenvalue weighted by Crippen LogP contribution is 2.12. The third kappa shape index (κ3) is 1.70. The summed E-state index contributed by atoms with van der Waals surface area (Å²) in [7, 11) is 1.82. The smallest absolute Gasteiger partial charge is 0.0846 e. The highest BCUT2D eigenvalue weighted by molar-refractivity contribution is 5.54. The van der Waals surface area contributed by atoms with E-state index in [-0.39, 0.29) is 0 Å². The van der Waals surface area contributed by atoms with Crippen LogP contribution < -0.4 is 0 Å². The van der Waals surface area contributed by atoms with Gasteiger partial charge in [0.25, 0.3) is 0 Å². The highest BCUT2D eigenvalue weighted by Gasteiger charge is 2.14. The molecule has 52 valence electrons. The van der Waals surface area contributed by atoms with E-state index in [1.165, 1.54) is 19.5 Å². The van der Waals surface area contributed by atoms with Gasteiger partial charge in [-0.2, -0.15) is 0 Å². The third-order valence-electron chi connectivity index (χ3n) is 1.73. The lowest BCUT2D eigenvalue weighted by atomic mass is 10.2. The zero-order valence-corrected chi connectivity index (χ0v) is 6.17. The molecule has 1 saturated heterocycles. The van der Waals surface area contributed by atoms with Crippen molar-refractivity contribution >= 4 is 6.34 Å². The number of rotatable bonds is 1. The molecule has 0 N–H and O–H groups in total. The summed E-state index contributed by atoms with van der Waals surface area (Å²) >= 11 is 0. The van der Waals surface area contributed by atoms with Crippen molar-refractivity contribution in [3.8, 4) is 0 Å². The zero-order chi connectivity index (χ0) is 6.69. The van der Waals surface area contributed by atoms with Gasteiger partial charge in [-0.1, -0.05) is 6.92 Å². The molecule has 0 spiro atoms. The fourth-order valence-corrected chi connectivity index (χ4v) is 1.24. The Morgan fingerprint density at radius 3 is 2.89 bits per heavy atom. The number of hydrogen-bond acceptors (Lipinski definition) is 1. The van der Waals surface area contributed by atoms with Gasteiger partial charge in [0.2, 0.25) is 0 Å². The molecule has 1 atom stereocenters. The van der Waals surface area contributed by atoms with E-state index in [1.54, 1.807) is 0 Å². The normalized spacial score (nSPS) is 28.2. The SMILES string of the molecule is CN=CN1CCC(C)C1. The first-order valence-electron chi connectivity index (χ1n) is 3.49. The van der Waals surface area contributed by atoms with Crippen LogP contribution in [-0.2, 0) is 0 Å². The van der Waals surface area contributed by atoms with Crippen LogP contribution in [0.1, 0.15) is 13.3 Å². The fraction of sp³-hybridized carbons (Fsp3) is 0.857. The van der Waals surface area contributed by atoms with Crippen molar-refractivity contribution in [2.24, 2.45) is 10.9 Å². The molecule has 2 heteroatoms. The van der Waals surface area contributed by atoms with Crippen LogP contribution in [0.5, 0.6) is 0 Å². The summed E-state index contributed by atoms with van der Waals surface area (Å²) in [6.45, 7) is 4.67. The van der Waals surface area contributed by atoms with E-state index < -0.39 is 0 Å². The molecular formula is C7H14N2. The van der Waals surface area contributed by atoms with E-state index >= 15 is 0 Å². The fourth-order valence-electron chi connectivity index (χ4n) is 1.24. The molecule has 1 unspecified atom stereocenters. The Morgan fingerprint density at radius 1 is 1.67 bits per heavy atom. The molecule has 0 radical (unpaired) electrons. The molecule has 1 aliphatic heterocycles. The van der Waals surface area contributed by atoms with E-state index in [1.807, 2.05) is 13.4 Å². The summed E-state index contributed by atoms with van der Waals surface area (Å²) in [6, 6.07) is 0. The Hall–Kier alpha value is -0.530. The molecule has 0 aromatic rings. The van der Waals surface area contributed by atoms with Crippen molar-refractivity contribution < 1.29 is 0 Å². The second-order valence-corrected chi connectivity index (χ2v) is 2.76. The standard InChI is InChI=1S/C7H14N2/c1-7-3-4-9(5-7)6-8-2/h6-7H,3-5H2,1-2H3. The van der Waals surface area contributed by atoms with Crippen LogP contribution in [0.4, 0.5) is 0 Å². The Labute approximate surface area is 56.6 Å². The number of aliphatic imine (C=N–C) groups is 1. The van der Waals surface area contributed by atoms with Gasteiger partial charge in [-0.25, -0.2) is 0 Å². The summed E-state index contributed by atoms with van der Waals surface area (Å²) in [6.07, 6.45) is 3.26. The molecule has 0 bridgehead atoms. The molecule has 1 fully saturated rings. The molecule has 9 heavy (non-hydrogen) atoms. The summed E-state index contributed by atoms with van der Waals surface area (Å²) in [5, 5.41) is 0. The molecule has 0 amide bonds. The van der Waals surface area contributed by atoms with Gasteiger partial charge >= 0.3 is 0 Å². The first-order valence-corrected chi connectivity index (χ1v) is 3.49. The molecule has 0 aliphatic carbocycles. The summed E-state index contributed by atoms with van der Waals surface area (Å²) < 4.78 is 0. The van der Waals surface area contributed by atoms with Crippen LogP contribution in [0.3, 0.4) is 0 Å². The average molecular weight is 126 g/mol. The van der Waals surface area contributed by atoms with Gasteiger partial charge < -0.3 is 4.90 Å². The molecule has 1 heterocycles. The van der Waals surface area contributed by atoms with Crippen molar-refractivity contribution in [2.75, 3.05) is 20.1 Å². The van der Waals surface area contributed by atoms with Crippen LogP contribution in [0.15, 0.2) is 4.99 Å². The predicted molar refractivity (Wildman–Crippen MR) is 39.8 cm³/mol. The highest BCUT2D eigenvalue weighted by atomic mass is 15.2. The number of likely N-dealkylation sites (tertiary alicyclic amines) is 1. The summed E-state index contributed by atoms with van der Waals surface area (Å²) in [4.78, 5) is 6.22. The van der Waals surface area contributed by atoms with Crippen LogP contribution >= 0.6 is 0 Å². The average Bonchev–Trinajstić information content (AvgIpc) is 2.17. The quantitative estimate of drug-likeness (QED) is 0.378. The van der Waals surface area contributed by atoms with Gasteiger partial charge in [-0.15, -0.1) is 0 Å². The van der Waals surface area contributed by atoms with Crippen molar-refractivity contribution in [3.63, 3.8) is 0 Å². The van der Waals surface area contributed by atoms with E-state index in [9.17, 15) is 0 Å². The lowest BCUT2D eigenvalue weighted by molar-refractivity contribution is 0.507. The number of nitrogens with zero attached hydrogens (tertiary/aromatic N) is 2. The maximum absolute atomic E-state index is 3.95. The maximum atomic E-state index is 3.95. The van der Waals surface area contributed by atoms with Crippen LogP contribution in [0, 0.1) is 5.92 Å². The lowest BCUT2D eigenvalue weighted by Gasteiger charge is -2.08. The van der Waals surface area contributed by atoms with Crippen molar-refractivity contribution in [1.82, 2.24) is 4.90 Å². The van der Waals surface area contributed by atoms with Crippen LogP contribution in [0.2, 0.25) is 0 Å². The monoisotopic (exact) mass is 126 g/mol. The van der Waals surface area contributed by atoms with Gasteiger partial charge in [0.05, 0.1) is 6.34 Å². The molecular weight excluding hydrogens is 112 g/mol. The minimum atomic E-state index is 0.864.